The Morgan fingerprint density at radius 2 is 1.78 bits per heavy atom. The van der Waals surface area contributed by atoms with Gasteiger partial charge >= 0.3 is 0 Å². The smallest absolute Gasteiger partial charge is 0.226 e. The number of halogens is 2. The molecule has 1 saturated heterocycles. The number of amides is 1. The van der Waals surface area contributed by atoms with Crippen LogP contribution in [0.5, 0.6) is 5.75 Å². The number of nitrogens with zero attached hydrogens (tertiary/aromatic N) is 3. The Kier molecular flexibility index (Phi) is 8.11. The topological polar surface area (TPSA) is 59.0 Å². The largest absolute Gasteiger partial charge is 0.507 e. The fourth-order valence-corrected chi connectivity index (χ4v) is 4.49. The molecule has 0 atom stereocenters. The fraction of sp³-hybridized carbons (Fsp3) is 0.250. The minimum Gasteiger partial charge on any atom is -0.507 e. The second-order valence-electron chi connectivity index (χ2n) is 8.79. The van der Waals surface area contributed by atoms with Gasteiger partial charge in [-0.2, -0.15) is 0 Å². The van der Waals surface area contributed by atoms with Gasteiger partial charge in [-0.1, -0.05) is 41.9 Å². The maximum atomic E-state index is 14.9. The van der Waals surface area contributed by atoms with Crippen molar-refractivity contribution in [3.63, 3.8) is 0 Å². The number of rotatable bonds is 6. The fourth-order valence-electron chi connectivity index (χ4n) is 4.22. The van der Waals surface area contributed by atoms with Crippen LogP contribution in [-0.2, 0) is 11.3 Å². The van der Waals surface area contributed by atoms with Gasteiger partial charge in [0.1, 0.15) is 11.6 Å². The van der Waals surface area contributed by atoms with E-state index in [0.29, 0.717) is 35.3 Å². The van der Waals surface area contributed by atoms with Crippen LogP contribution in [0.2, 0.25) is 5.02 Å². The molecule has 0 bridgehead atoms. The number of hydrogen-bond donors (Lipinski definition) is 2. The van der Waals surface area contributed by atoms with E-state index in [0.717, 1.165) is 37.3 Å². The Morgan fingerprint density at radius 3 is 2.47 bits per heavy atom. The zero-order chi connectivity index (χ0) is 25.7. The van der Waals surface area contributed by atoms with Gasteiger partial charge in [-0.15, -0.1) is 0 Å². The van der Waals surface area contributed by atoms with Crippen molar-refractivity contribution in [1.82, 2.24) is 15.1 Å². The number of benzene rings is 3. The molecule has 0 aliphatic carbocycles. The molecule has 1 heterocycles. The molecule has 0 saturated carbocycles. The van der Waals surface area contributed by atoms with E-state index in [1.807, 2.05) is 24.3 Å². The number of carbonyl (C=O) groups excluding carboxylic acids is 1. The molecule has 6 nitrogen and oxygen atoms in total. The quantitative estimate of drug-likeness (QED) is 0.295. The van der Waals surface area contributed by atoms with E-state index in [2.05, 4.69) is 22.3 Å². The molecule has 4 rings (SSSR count). The summed E-state index contributed by atoms with van der Waals surface area (Å²) in [6, 6.07) is 20.8. The number of hydrogen-bond acceptors (Lipinski definition) is 5. The van der Waals surface area contributed by atoms with E-state index in [4.69, 9.17) is 11.6 Å². The predicted octanol–water partition coefficient (Wildman–Crippen LogP) is 4.37. The van der Waals surface area contributed by atoms with Crippen molar-refractivity contribution in [2.24, 2.45) is 0 Å². The molecule has 36 heavy (non-hydrogen) atoms. The molecule has 1 fully saturated rings. The average Bonchev–Trinajstić information content (AvgIpc) is 2.87. The third-order valence-corrected chi connectivity index (χ3v) is 6.31. The normalized spacial score (nSPS) is 13.6. The van der Waals surface area contributed by atoms with Crippen molar-refractivity contribution >= 4 is 23.7 Å². The maximum Gasteiger partial charge on any atom is 0.226 e. The highest BCUT2D eigenvalue weighted by Gasteiger charge is 2.19. The molecule has 0 unspecified atom stereocenters. The van der Waals surface area contributed by atoms with Gasteiger partial charge in [0.15, 0.2) is 0 Å². The van der Waals surface area contributed by atoms with Gasteiger partial charge in [-0.3, -0.25) is 9.69 Å². The van der Waals surface area contributed by atoms with Crippen LogP contribution in [0.15, 0.2) is 54.6 Å². The lowest BCUT2D eigenvalue weighted by Crippen LogP contribution is -2.42. The second kappa shape index (κ2) is 11.4. The molecule has 0 spiro atoms. The number of nitrogens with one attached hydrogen (secondary N) is 1. The molecule has 0 radical (unpaired) electrons. The van der Waals surface area contributed by atoms with E-state index < -0.39 is 5.82 Å². The standard InChI is InChI=1S/C28H28ClFN4O2/c1-32(2)13-14-34(19-35)27-8-7-20(15-26(27)29)24-16-22(30)17-25(28(24)36)23-6-4-3-5-21(23)18-33-11-9-31-10-12-33/h3-8,15-17,19,31,36H,9-12,18H2,1-2H3. The highest BCUT2D eigenvalue weighted by atomic mass is 35.5. The summed E-state index contributed by atoms with van der Waals surface area (Å²) in [4.78, 5) is 16.7. The molecular formula is C28H28ClFN4O2. The molecule has 3 aromatic rings. The van der Waals surface area contributed by atoms with Crippen LogP contribution in [0.1, 0.15) is 5.56 Å². The number of anilines is 1. The number of aromatic hydroxyl groups is 1. The zero-order valence-corrected chi connectivity index (χ0v) is 21.0. The molecule has 3 aromatic carbocycles. The number of piperazine rings is 1. The van der Waals surface area contributed by atoms with Crippen LogP contribution < -0.4 is 10.2 Å². The minimum absolute atomic E-state index is 0.0346. The van der Waals surface area contributed by atoms with E-state index in [1.54, 1.807) is 37.2 Å². The van der Waals surface area contributed by atoms with Crippen LogP contribution in [-0.4, -0.2) is 61.6 Å². The van der Waals surface area contributed by atoms with Crippen LogP contribution in [0.25, 0.3) is 22.3 Å². The van der Waals surface area contributed by atoms with Gasteiger partial charge in [0.05, 0.1) is 10.7 Å². The highest BCUT2D eigenvalue weighted by molar-refractivity contribution is 6.34. The van der Waals surface area contributed by atoms with Crippen molar-refractivity contribution in [3.8, 4) is 40.1 Å². The van der Waals surface area contributed by atoms with E-state index >= 15 is 0 Å². The molecule has 186 valence electrons. The summed E-state index contributed by atoms with van der Waals surface area (Å²) >= 11 is 6.48. The molecular weight excluding hydrogens is 479 g/mol. The summed E-state index contributed by atoms with van der Waals surface area (Å²) < 4.78 is 14.9. The zero-order valence-electron chi connectivity index (χ0n) is 20.3. The second-order valence-corrected chi connectivity index (χ2v) is 9.20. The molecule has 2 N–H and O–H groups in total. The van der Waals surface area contributed by atoms with Crippen molar-refractivity contribution < 1.29 is 14.3 Å². The summed E-state index contributed by atoms with van der Waals surface area (Å²) in [6.45, 7) is 4.42. The van der Waals surface area contributed by atoms with Gasteiger partial charge < -0.3 is 15.3 Å². The third-order valence-electron chi connectivity index (χ3n) is 6.00. The van der Waals surface area contributed by atoms with Crippen molar-refractivity contribution in [1.29, 1.82) is 0 Å². The average molecular weight is 507 g/mol. The van der Waals surface area contributed by atoms with E-state index in [1.165, 1.54) is 17.0 Å². The Labute approximate surface area is 215 Å². The first kappa shape index (κ1) is 25.5. The lowest BCUT2D eigenvalue weighted by Gasteiger charge is -2.28. The van der Waals surface area contributed by atoms with Gasteiger partial charge in [-0.25, -0.2) is 9.29 Å². The van der Waals surface area contributed by atoms with E-state index in [9.17, 15) is 14.3 Å². The van der Waals surface area contributed by atoms with Gasteiger partial charge in [0.25, 0.3) is 0 Å². The van der Waals surface area contributed by atoms with Crippen molar-refractivity contribution in [3.05, 3.63) is 71.0 Å². The summed E-state index contributed by atoms with van der Waals surface area (Å²) in [5.74, 6) is -0.506. The summed E-state index contributed by atoms with van der Waals surface area (Å²) in [5.41, 5.74) is 3.44. The first-order valence-corrected chi connectivity index (χ1v) is 12.0. The van der Waals surface area contributed by atoms with E-state index in [-0.39, 0.29) is 10.8 Å². The Morgan fingerprint density at radius 1 is 1.06 bits per heavy atom. The Hall–Kier alpha value is -3.57. The summed E-state index contributed by atoms with van der Waals surface area (Å²) in [6.07, 6.45) is 0.574. The lowest BCUT2D eigenvalue weighted by atomic mass is 9.93. The lowest BCUT2D eigenvalue weighted by molar-refractivity contribution is -0.106. The van der Waals surface area contributed by atoms with Gasteiger partial charge in [-0.05, 0) is 41.0 Å². The first-order chi connectivity index (χ1) is 17.4. The van der Waals surface area contributed by atoms with Gasteiger partial charge in [0, 0.05) is 70.0 Å². The number of carbonyl (C=O) groups is 1. The van der Waals surface area contributed by atoms with Crippen LogP contribution in [0.4, 0.5) is 10.1 Å². The maximum absolute atomic E-state index is 14.9. The SMILES string of the molecule is CN(C)C#CN(C=O)c1ccc(-c2cc(F)cc(-c3ccccc3CN3CCNCC3)c2O)cc1Cl. The van der Waals surface area contributed by atoms with Crippen molar-refractivity contribution in [2.75, 3.05) is 45.2 Å². The molecule has 8 heteroatoms. The van der Waals surface area contributed by atoms with Crippen molar-refractivity contribution in [2.45, 2.75) is 6.54 Å². The third kappa shape index (κ3) is 5.80. The Bertz CT molecular complexity index is 1310. The molecule has 1 aliphatic heterocycles. The molecule has 1 amide bonds. The van der Waals surface area contributed by atoms with Crippen LogP contribution in [0.3, 0.4) is 0 Å². The highest BCUT2D eigenvalue weighted by Crippen LogP contribution is 2.42. The predicted molar refractivity (Wildman–Crippen MR) is 142 cm³/mol. The summed E-state index contributed by atoms with van der Waals surface area (Å²) in [7, 11) is 3.51. The molecule has 1 aliphatic rings. The monoisotopic (exact) mass is 506 g/mol. The Balaban J connectivity index is 1.72. The van der Waals surface area contributed by atoms with Crippen LogP contribution in [0, 0.1) is 17.9 Å². The summed E-state index contributed by atoms with van der Waals surface area (Å²) in [5, 5.41) is 14.9. The minimum atomic E-state index is -0.471. The number of phenols is 1. The first-order valence-electron chi connectivity index (χ1n) is 11.6. The van der Waals surface area contributed by atoms with Gasteiger partial charge in [0.2, 0.25) is 6.41 Å². The molecule has 0 aromatic heterocycles. The number of phenolic OH excluding ortho intramolecular Hbond substituents is 1. The van der Waals surface area contributed by atoms with Crippen LogP contribution >= 0.6 is 11.6 Å².